The second-order valence-corrected chi connectivity index (χ2v) is 5.42. The molecule has 0 saturated carbocycles. The van der Waals surface area contributed by atoms with Crippen LogP contribution in [0.5, 0.6) is 0 Å². The lowest BCUT2D eigenvalue weighted by Gasteiger charge is -2.35. The Labute approximate surface area is 121 Å². The summed E-state index contributed by atoms with van der Waals surface area (Å²) in [5.41, 5.74) is 0. The summed E-state index contributed by atoms with van der Waals surface area (Å²) < 4.78 is 0. The second kappa shape index (κ2) is 7.40. The Morgan fingerprint density at radius 2 is 1.95 bits per heavy atom. The highest BCUT2D eigenvalue weighted by Gasteiger charge is 2.18. The average Bonchev–Trinajstić information content (AvgIpc) is 2.46. The molecule has 1 aromatic rings. The maximum atomic E-state index is 4.61. The van der Waals surface area contributed by atoms with Gasteiger partial charge in [0.2, 0.25) is 0 Å². The molecule has 6 heteroatoms. The van der Waals surface area contributed by atoms with Crippen molar-refractivity contribution in [3.8, 4) is 0 Å². The van der Waals surface area contributed by atoms with E-state index in [1.165, 1.54) is 0 Å². The molecule has 2 heterocycles. The van der Waals surface area contributed by atoms with E-state index in [9.17, 15) is 0 Å². The third kappa shape index (κ3) is 4.31. The molecule has 2 rings (SSSR count). The van der Waals surface area contributed by atoms with Crippen LogP contribution < -0.4 is 10.2 Å². The van der Waals surface area contributed by atoms with Gasteiger partial charge in [0.15, 0.2) is 0 Å². The van der Waals surface area contributed by atoms with E-state index in [-0.39, 0.29) is 0 Å². The van der Waals surface area contributed by atoms with Gasteiger partial charge in [0.1, 0.15) is 11.6 Å². The van der Waals surface area contributed by atoms with E-state index in [4.69, 9.17) is 0 Å². The molecular formula is C14H26N6. The van der Waals surface area contributed by atoms with Crippen molar-refractivity contribution in [2.45, 2.75) is 6.92 Å². The van der Waals surface area contributed by atoms with Crippen molar-refractivity contribution >= 4 is 11.6 Å². The Morgan fingerprint density at radius 1 is 1.20 bits per heavy atom. The van der Waals surface area contributed by atoms with Gasteiger partial charge in [0, 0.05) is 45.8 Å². The maximum absolute atomic E-state index is 4.61. The first-order chi connectivity index (χ1) is 9.69. The topological polar surface area (TPSA) is 47.5 Å². The van der Waals surface area contributed by atoms with E-state index in [0.29, 0.717) is 0 Å². The molecule has 112 valence electrons. The summed E-state index contributed by atoms with van der Waals surface area (Å²) in [7, 11) is 4.25. The smallest absolute Gasteiger partial charge is 0.149 e. The average molecular weight is 278 g/mol. The zero-order chi connectivity index (χ0) is 14.4. The number of likely N-dealkylation sites (N-methyl/N-ethyl adjacent to an activating group) is 1. The van der Waals surface area contributed by atoms with Crippen LogP contribution >= 0.6 is 0 Å². The van der Waals surface area contributed by atoms with Crippen LogP contribution in [0.1, 0.15) is 6.92 Å². The van der Waals surface area contributed by atoms with E-state index in [1.807, 2.05) is 6.20 Å². The first-order valence-corrected chi connectivity index (χ1v) is 7.37. The number of anilines is 2. The fraction of sp³-hybridized carbons (Fsp3) is 0.714. The predicted molar refractivity (Wildman–Crippen MR) is 83.4 cm³/mol. The molecule has 0 unspecified atom stereocenters. The molecule has 1 aliphatic heterocycles. The summed E-state index contributed by atoms with van der Waals surface area (Å²) >= 11 is 0. The largest absolute Gasteiger partial charge is 0.369 e. The number of piperazine rings is 1. The van der Waals surface area contributed by atoms with Gasteiger partial charge < -0.3 is 15.1 Å². The van der Waals surface area contributed by atoms with Gasteiger partial charge in [-0.05, 0) is 21.0 Å². The van der Waals surface area contributed by atoms with E-state index < -0.39 is 0 Å². The molecule has 1 fully saturated rings. The molecule has 0 radical (unpaired) electrons. The standard InChI is InChI=1S/C14H26N6/c1-4-16-13-11-15-12-14(17-13)20-9-7-19(8-10-20)6-5-18(2)3/h11-12H,4-10H2,1-3H3,(H,16,17). The normalized spacial score (nSPS) is 16.7. The van der Waals surface area contributed by atoms with Gasteiger partial charge in [0.05, 0.1) is 12.4 Å². The lowest BCUT2D eigenvalue weighted by Crippen LogP contribution is -2.48. The molecule has 1 aromatic heterocycles. The van der Waals surface area contributed by atoms with E-state index in [1.54, 1.807) is 6.20 Å². The second-order valence-electron chi connectivity index (χ2n) is 5.42. The van der Waals surface area contributed by atoms with Crippen molar-refractivity contribution in [2.75, 3.05) is 70.1 Å². The molecule has 0 aliphatic carbocycles. The van der Waals surface area contributed by atoms with Gasteiger partial charge in [-0.2, -0.15) is 0 Å². The van der Waals surface area contributed by atoms with Gasteiger partial charge in [-0.1, -0.05) is 0 Å². The Balaban J connectivity index is 1.85. The molecule has 1 saturated heterocycles. The van der Waals surface area contributed by atoms with Crippen LogP contribution in [0.15, 0.2) is 12.4 Å². The summed E-state index contributed by atoms with van der Waals surface area (Å²) in [6.45, 7) is 9.45. The summed E-state index contributed by atoms with van der Waals surface area (Å²) in [6, 6.07) is 0. The lowest BCUT2D eigenvalue weighted by molar-refractivity contribution is 0.229. The zero-order valence-electron chi connectivity index (χ0n) is 12.8. The number of hydrogen-bond donors (Lipinski definition) is 1. The molecule has 1 aliphatic rings. The van der Waals surface area contributed by atoms with Crippen LogP contribution in [-0.2, 0) is 0 Å². The SMILES string of the molecule is CCNc1cncc(N2CCN(CCN(C)C)CC2)n1. The molecule has 0 aromatic carbocycles. The molecule has 1 N–H and O–H groups in total. The number of nitrogens with one attached hydrogen (secondary N) is 1. The Bertz CT molecular complexity index is 400. The first-order valence-electron chi connectivity index (χ1n) is 7.37. The highest BCUT2D eigenvalue weighted by Crippen LogP contribution is 2.14. The number of nitrogens with zero attached hydrogens (tertiary/aromatic N) is 5. The van der Waals surface area contributed by atoms with Crippen molar-refractivity contribution in [1.82, 2.24) is 19.8 Å². The minimum atomic E-state index is 0.861. The fourth-order valence-corrected chi connectivity index (χ4v) is 2.32. The van der Waals surface area contributed by atoms with Crippen LogP contribution in [0.25, 0.3) is 0 Å². The number of rotatable bonds is 6. The molecule has 20 heavy (non-hydrogen) atoms. The minimum Gasteiger partial charge on any atom is -0.369 e. The maximum Gasteiger partial charge on any atom is 0.149 e. The molecule has 0 amide bonds. The van der Waals surface area contributed by atoms with Gasteiger partial charge >= 0.3 is 0 Å². The highest BCUT2D eigenvalue weighted by atomic mass is 15.3. The zero-order valence-corrected chi connectivity index (χ0v) is 12.8. The first kappa shape index (κ1) is 15.0. The summed E-state index contributed by atoms with van der Waals surface area (Å²) in [6.07, 6.45) is 3.64. The molecule has 0 spiro atoms. The van der Waals surface area contributed by atoms with Gasteiger partial charge in [-0.25, -0.2) is 4.98 Å². The van der Waals surface area contributed by atoms with Crippen LogP contribution in [0.4, 0.5) is 11.6 Å². The Kier molecular flexibility index (Phi) is 5.55. The summed E-state index contributed by atoms with van der Waals surface area (Å²) in [5.74, 6) is 1.84. The Morgan fingerprint density at radius 3 is 2.60 bits per heavy atom. The molecule has 0 bridgehead atoms. The predicted octanol–water partition coefficient (Wildman–Crippen LogP) is 0.592. The van der Waals surface area contributed by atoms with E-state index in [0.717, 1.165) is 57.4 Å². The minimum absolute atomic E-state index is 0.861. The van der Waals surface area contributed by atoms with Gasteiger partial charge in [-0.15, -0.1) is 0 Å². The van der Waals surface area contributed by atoms with Crippen molar-refractivity contribution in [3.63, 3.8) is 0 Å². The quantitative estimate of drug-likeness (QED) is 0.822. The molecule has 0 atom stereocenters. The third-order valence-corrected chi connectivity index (χ3v) is 3.54. The molecular weight excluding hydrogens is 252 g/mol. The summed E-state index contributed by atoms with van der Waals surface area (Å²) in [5, 5.41) is 3.21. The van der Waals surface area contributed by atoms with E-state index in [2.05, 4.69) is 51.0 Å². The van der Waals surface area contributed by atoms with Crippen molar-refractivity contribution in [1.29, 1.82) is 0 Å². The van der Waals surface area contributed by atoms with Crippen molar-refractivity contribution in [2.24, 2.45) is 0 Å². The van der Waals surface area contributed by atoms with E-state index >= 15 is 0 Å². The van der Waals surface area contributed by atoms with Gasteiger partial charge in [-0.3, -0.25) is 9.88 Å². The van der Waals surface area contributed by atoms with Crippen molar-refractivity contribution in [3.05, 3.63) is 12.4 Å². The number of aromatic nitrogens is 2. The summed E-state index contributed by atoms with van der Waals surface area (Å²) in [4.78, 5) is 15.9. The monoisotopic (exact) mass is 278 g/mol. The van der Waals surface area contributed by atoms with Gasteiger partial charge in [0.25, 0.3) is 0 Å². The Hall–Kier alpha value is -1.40. The van der Waals surface area contributed by atoms with Crippen LogP contribution in [0.2, 0.25) is 0 Å². The molecule has 6 nitrogen and oxygen atoms in total. The third-order valence-electron chi connectivity index (χ3n) is 3.54. The van der Waals surface area contributed by atoms with Crippen molar-refractivity contribution < 1.29 is 0 Å². The van der Waals surface area contributed by atoms with Crippen LogP contribution in [0.3, 0.4) is 0 Å². The van der Waals surface area contributed by atoms with Crippen LogP contribution in [-0.4, -0.2) is 79.7 Å². The lowest BCUT2D eigenvalue weighted by atomic mass is 10.3. The highest BCUT2D eigenvalue weighted by molar-refractivity contribution is 5.44. The fourth-order valence-electron chi connectivity index (χ4n) is 2.32. The van der Waals surface area contributed by atoms with Crippen LogP contribution in [0, 0.1) is 0 Å². The number of hydrogen-bond acceptors (Lipinski definition) is 6.